The summed E-state index contributed by atoms with van der Waals surface area (Å²) in [5, 5.41) is 3.93. The van der Waals surface area contributed by atoms with Crippen LogP contribution in [0.15, 0.2) is 47.7 Å². The van der Waals surface area contributed by atoms with Crippen molar-refractivity contribution in [1.29, 1.82) is 0 Å². The number of esters is 1. The van der Waals surface area contributed by atoms with Gasteiger partial charge in [0.05, 0.1) is 5.41 Å². The second-order valence-corrected chi connectivity index (χ2v) is 8.27. The Balaban J connectivity index is 1.54. The summed E-state index contributed by atoms with van der Waals surface area (Å²) in [4.78, 5) is 28.1. The lowest BCUT2D eigenvalue weighted by Crippen LogP contribution is -2.52. The van der Waals surface area contributed by atoms with E-state index in [9.17, 15) is 9.59 Å². The first-order chi connectivity index (χ1) is 13.1. The van der Waals surface area contributed by atoms with Crippen LogP contribution in [0, 0.1) is 0 Å². The molecule has 1 saturated heterocycles. The maximum absolute atomic E-state index is 13.7. The Bertz CT molecular complexity index is 877. The quantitative estimate of drug-likeness (QED) is 0.796. The molecule has 27 heavy (non-hydrogen) atoms. The van der Waals surface area contributed by atoms with Crippen LogP contribution in [0.25, 0.3) is 0 Å². The first kappa shape index (κ1) is 17.0. The topological polar surface area (TPSA) is 58.6 Å². The van der Waals surface area contributed by atoms with Crippen LogP contribution in [0.1, 0.15) is 31.2 Å². The first-order valence-electron chi connectivity index (χ1n) is 9.49. The van der Waals surface area contributed by atoms with Crippen molar-refractivity contribution >= 4 is 23.5 Å². The fourth-order valence-corrected chi connectivity index (χ4v) is 4.94. The average Bonchev–Trinajstić information content (AvgIpc) is 3.21. The highest BCUT2D eigenvalue weighted by Crippen LogP contribution is 2.48. The molecule has 3 aliphatic heterocycles. The van der Waals surface area contributed by atoms with Gasteiger partial charge in [-0.3, -0.25) is 4.79 Å². The van der Waals surface area contributed by atoms with Crippen molar-refractivity contribution < 1.29 is 14.3 Å². The van der Waals surface area contributed by atoms with Crippen LogP contribution in [-0.2, 0) is 19.7 Å². The van der Waals surface area contributed by atoms with Crippen molar-refractivity contribution in [3.8, 4) is 0 Å². The van der Waals surface area contributed by atoms with Gasteiger partial charge in [0.15, 0.2) is 5.60 Å². The monoisotopic (exact) mass is 384 g/mol. The number of nitrogens with one attached hydrogen (secondary N) is 1. The van der Waals surface area contributed by atoms with Crippen LogP contribution in [0.3, 0.4) is 0 Å². The smallest absolute Gasteiger partial charge is 0.356 e. The molecule has 2 fully saturated rings. The molecule has 140 valence electrons. The van der Waals surface area contributed by atoms with Crippen molar-refractivity contribution in [3.05, 3.63) is 58.3 Å². The number of benzene rings is 1. The van der Waals surface area contributed by atoms with E-state index in [0.717, 1.165) is 43.4 Å². The Labute approximate surface area is 163 Å². The number of fused-ring (bicyclic) bond motifs is 1. The summed E-state index contributed by atoms with van der Waals surface area (Å²) in [5.41, 5.74) is 1.07. The number of carbonyl (C=O) groups is 2. The van der Waals surface area contributed by atoms with Gasteiger partial charge in [-0.2, -0.15) is 0 Å². The fourth-order valence-electron chi connectivity index (χ4n) is 4.81. The van der Waals surface area contributed by atoms with Crippen LogP contribution < -0.4 is 5.32 Å². The molecule has 1 N–H and O–H groups in total. The van der Waals surface area contributed by atoms with E-state index in [4.69, 9.17) is 16.3 Å². The van der Waals surface area contributed by atoms with Crippen LogP contribution in [0.4, 0.5) is 0 Å². The number of nitrogens with zero attached hydrogens (tertiary/aromatic N) is 1. The Morgan fingerprint density at radius 3 is 2.59 bits per heavy atom. The Morgan fingerprint density at radius 2 is 1.96 bits per heavy atom. The van der Waals surface area contributed by atoms with E-state index in [1.807, 2.05) is 36.4 Å². The summed E-state index contributed by atoms with van der Waals surface area (Å²) in [5.74, 6) is -0.384. The zero-order chi connectivity index (χ0) is 18.6. The van der Waals surface area contributed by atoms with Crippen LogP contribution in [0.5, 0.6) is 0 Å². The Kier molecular flexibility index (Phi) is 3.75. The average molecular weight is 385 g/mol. The minimum absolute atomic E-state index is 0.00659. The van der Waals surface area contributed by atoms with Gasteiger partial charge in [-0.15, -0.1) is 0 Å². The standard InChI is InChI=1S/C21H21ClN2O3/c22-15-6-4-14(5-7-15)20(8-2-9-20)19(26)24-12-1-3-16-17(24)18(25)27-21(16)10-11-23-13-21/h1,3-7,23H,2,8-13H2. The maximum Gasteiger partial charge on any atom is 0.356 e. The van der Waals surface area contributed by atoms with E-state index in [1.165, 1.54) is 0 Å². The van der Waals surface area contributed by atoms with Gasteiger partial charge in [0.1, 0.15) is 5.70 Å². The number of carbonyl (C=O) groups excluding carboxylic acids is 2. The second kappa shape index (κ2) is 5.94. The van der Waals surface area contributed by atoms with Crippen molar-refractivity contribution in [2.75, 3.05) is 19.6 Å². The summed E-state index contributed by atoms with van der Waals surface area (Å²) >= 11 is 6.03. The van der Waals surface area contributed by atoms with E-state index in [1.54, 1.807) is 4.90 Å². The van der Waals surface area contributed by atoms with Crippen LogP contribution in [0.2, 0.25) is 5.02 Å². The van der Waals surface area contributed by atoms with Gasteiger partial charge < -0.3 is 15.0 Å². The van der Waals surface area contributed by atoms with Crippen molar-refractivity contribution in [2.45, 2.75) is 36.7 Å². The van der Waals surface area contributed by atoms with Gasteiger partial charge >= 0.3 is 5.97 Å². The van der Waals surface area contributed by atoms with Crippen molar-refractivity contribution in [3.63, 3.8) is 0 Å². The number of halogens is 1. The first-order valence-corrected chi connectivity index (χ1v) is 9.87. The zero-order valence-electron chi connectivity index (χ0n) is 15.0. The summed E-state index contributed by atoms with van der Waals surface area (Å²) in [6.45, 7) is 1.82. The number of hydrogen-bond donors (Lipinski definition) is 1. The van der Waals surface area contributed by atoms with Gasteiger partial charge in [0.25, 0.3) is 0 Å². The second-order valence-electron chi connectivity index (χ2n) is 7.83. The molecular formula is C21H21ClN2O3. The normalized spacial score (nSPS) is 28.3. The van der Waals surface area contributed by atoms with Gasteiger partial charge in [-0.1, -0.05) is 42.3 Å². The Hall–Kier alpha value is -2.11. The molecular weight excluding hydrogens is 364 g/mol. The molecule has 1 spiro atoms. The van der Waals surface area contributed by atoms with E-state index < -0.39 is 11.0 Å². The largest absolute Gasteiger partial charge is 0.448 e. The third kappa shape index (κ3) is 2.34. The lowest BCUT2D eigenvalue weighted by atomic mass is 9.63. The van der Waals surface area contributed by atoms with Gasteiger partial charge in [0.2, 0.25) is 5.91 Å². The number of rotatable bonds is 2. The van der Waals surface area contributed by atoms with E-state index in [0.29, 0.717) is 23.8 Å². The number of ether oxygens (including phenoxy) is 1. The summed E-state index contributed by atoms with van der Waals surface area (Å²) < 4.78 is 5.78. The van der Waals surface area contributed by atoms with Crippen molar-refractivity contribution in [1.82, 2.24) is 10.2 Å². The molecule has 0 bridgehead atoms. The predicted octanol–water partition coefficient (Wildman–Crippen LogP) is 2.70. The summed E-state index contributed by atoms with van der Waals surface area (Å²) in [6, 6.07) is 7.52. The molecule has 6 heteroatoms. The van der Waals surface area contributed by atoms with E-state index in [-0.39, 0.29) is 11.9 Å². The van der Waals surface area contributed by atoms with Crippen LogP contribution in [-0.4, -0.2) is 42.0 Å². The molecule has 4 aliphatic rings. The molecule has 5 rings (SSSR count). The van der Waals surface area contributed by atoms with Gasteiger partial charge in [0, 0.05) is 30.1 Å². The highest BCUT2D eigenvalue weighted by molar-refractivity contribution is 6.30. The minimum Gasteiger partial charge on any atom is -0.448 e. The highest BCUT2D eigenvalue weighted by Gasteiger charge is 2.55. The molecule has 1 unspecified atom stereocenters. The molecule has 1 aromatic carbocycles. The van der Waals surface area contributed by atoms with Crippen molar-refractivity contribution in [2.24, 2.45) is 0 Å². The molecule has 1 aromatic rings. The maximum atomic E-state index is 13.7. The number of hydrogen-bond acceptors (Lipinski definition) is 4. The SMILES string of the molecule is O=C1OC2(CCNC2)C2=C1N(C(=O)C1(c3ccc(Cl)cc3)CCC1)CC=C2. The molecule has 5 nitrogen and oxygen atoms in total. The van der Waals surface area contributed by atoms with E-state index in [2.05, 4.69) is 5.32 Å². The molecule has 1 amide bonds. The third-order valence-corrected chi connectivity index (χ3v) is 6.70. The van der Waals surface area contributed by atoms with Gasteiger partial charge in [-0.05, 0) is 37.1 Å². The molecule has 1 saturated carbocycles. The highest BCUT2D eigenvalue weighted by atomic mass is 35.5. The third-order valence-electron chi connectivity index (χ3n) is 6.44. The molecule has 1 atom stereocenters. The lowest BCUT2D eigenvalue weighted by Gasteiger charge is -2.44. The van der Waals surface area contributed by atoms with Gasteiger partial charge in [-0.25, -0.2) is 4.79 Å². The molecule has 0 radical (unpaired) electrons. The summed E-state index contributed by atoms with van der Waals surface area (Å²) in [7, 11) is 0. The lowest BCUT2D eigenvalue weighted by molar-refractivity contribution is -0.150. The molecule has 3 heterocycles. The number of amides is 1. The molecule has 1 aliphatic carbocycles. The summed E-state index contributed by atoms with van der Waals surface area (Å²) in [6.07, 6.45) is 7.25. The van der Waals surface area contributed by atoms with E-state index >= 15 is 0 Å². The fraction of sp³-hybridized carbons (Fsp3) is 0.429. The zero-order valence-corrected chi connectivity index (χ0v) is 15.7. The Morgan fingerprint density at radius 1 is 1.19 bits per heavy atom. The van der Waals surface area contributed by atoms with Crippen LogP contribution >= 0.6 is 11.6 Å². The molecule has 0 aromatic heterocycles. The predicted molar refractivity (Wildman–Crippen MR) is 101 cm³/mol. The minimum atomic E-state index is -0.616.